The number of fused-ring (bicyclic) bond motifs is 5. The molecule has 7 atom stereocenters. The Morgan fingerprint density at radius 1 is 1.15 bits per heavy atom. The number of rotatable bonds is 2. The van der Waals surface area contributed by atoms with Gasteiger partial charge in [0, 0.05) is 12.8 Å². The van der Waals surface area contributed by atoms with Gasteiger partial charge in [0.05, 0.1) is 12.5 Å². The van der Waals surface area contributed by atoms with Crippen molar-refractivity contribution in [3.8, 4) is 0 Å². The summed E-state index contributed by atoms with van der Waals surface area (Å²) in [6, 6.07) is 0. The van der Waals surface area contributed by atoms with E-state index < -0.39 is 0 Å². The highest BCUT2D eigenvalue weighted by Crippen LogP contribution is 2.73. The van der Waals surface area contributed by atoms with Gasteiger partial charge in [-0.25, -0.2) is 0 Å². The molecule has 0 spiro atoms. The molecule has 0 aromatic carbocycles. The first kappa shape index (κ1) is 18.5. The van der Waals surface area contributed by atoms with E-state index in [4.69, 9.17) is 4.74 Å². The molecule has 0 N–H and O–H groups in total. The van der Waals surface area contributed by atoms with Crippen LogP contribution in [0.2, 0.25) is 0 Å². The second-order valence-electron chi connectivity index (χ2n) is 10.7. The number of hydrogen-bond acceptors (Lipinski definition) is 3. The molecule has 4 rings (SSSR count). The number of carbonyl (C=O) groups excluding carboxylic acids is 2. The Morgan fingerprint density at radius 3 is 2.54 bits per heavy atom. The number of esters is 1. The van der Waals surface area contributed by atoms with Gasteiger partial charge in [-0.3, -0.25) is 9.59 Å². The lowest BCUT2D eigenvalue weighted by atomic mass is 9.44. The Labute approximate surface area is 158 Å². The van der Waals surface area contributed by atoms with Crippen molar-refractivity contribution in [3.05, 3.63) is 0 Å². The summed E-state index contributed by atoms with van der Waals surface area (Å²) < 4.78 is 5.26. The molecule has 0 bridgehead atoms. The zero-order valence-corrected chi connectivity index (χ0v) is 17.3. The highest BCUT2D eigenvalue weighted by Gasteiger charge is 2.68. The standard InChI is InChI=1S/C23H36O3/c1-14(2)23-13-16(24)11-15(23)12-18-17(23)7-8-19-21(18,3)9-6-10-22(19,4)20(25)26-5/h14-15,17-19H,6-13H2,1-5H3/t15-,17+,18-,19+,21+,22+,23+/m0/s1. The van der Waals surface area contributed by atoms with Crippen molar-refractivity contribution in [3.63, 3.8) is 0 Å². The highest BCUT2D eigenvalue weighted by atomic mass is 16.5. The highest BCUT2D eigenvalue weighted by molar-refractivity contribution is 5.82. The lowest BCUT2D eigenvalue weighted by molar-refractivity contribution is -0.174. The molecule has 3 heteroatoms. The molecule has 0 radical (unpaired) electrons. The van der Waals surface area contributed by atoms with Crippen molar-refractivity contribution >= 4 is 11.8 Å². The van der Waals surface area contributed by atoms with Crippen LogP contribution in [0.1, 0.15) is 79.1 Å². The van der Waals surface area contributed by atoms with Crippen molar-refractivity contribution in [2.45, 2.75) is 79.1 Å². The maximum absolute atomic E-state index is 12.7. The molecule has 0 amide bonds. The van der Waals surface area contributed by atoms with Gasteiger partial charge >= 0.3 is 5.97 Å². The number of Topliss-reactive ketones (excluding diaryl/α,β-unsaturated/α-hetero) is 1. The zero-order chi connectivity index (χ0) is 18.9. The fraction of sp³-hybridized carbons (Fsp3) is 0.913. The van der Waals surface area contributed by atoms with Crippen molar-refractivity contribution in [2.24, 2.45) is 45.8 Å². The van der Waals surface area contributed by atoms with E-state index in [9.17, 15) is 9.59 Å². The van der Waals surface area contributed by atoms with E-state index >= 15 is 0 Å². The van der Waals surface area contributed by atoms with E-state index in [2.05, 4.69) is 27.7 Å². The number of ketones is 1. The third-order valence-electron chi connectivity index (χ3n) is 9.77. The van der Waals surface area contributed by atoms with Crippen LogP contribution in [0.25, 0.3) is 0 Å². The minimum atomic E-state index is -0.328. The number of ether oxygens (including phenoxy) is 1. The number of carbonyl (C=O) groups is 2. The first-order chi connectivity index (χ1) is 12.2. The molecule has 0 heterocycles. The maximum atomic E-state index is 12.7. The van der Waals surface area contributed by atoms with Gasteiger partial charge in [0.2, 0.25) is 0 Å². The minimum Gasteiger partial charge on any atom is -0.469 e. The van der Waals surface area contributed by atoms with Gasteiger partial charge in [-0.1, -0.05) is 27.2 Å². The van der Waals surface area contributed by atoms with Crippen LogP contribution in [0.4, 0.5) is 0 Å². The SMILES string of the molecule is COC(=O)[C@]1(C)CCC[C@@]2(C)[C@H]1CC[C@@H]1[C@@H]2C[C@@H]2CC(=O)C[C@@]21C(C)C. The average Bonchev–Trinajstić information content (AvgIpc) is 3.07. The summed E-state index contributed by atoms with van der Waals surface area (Å²) in [5.41, 5.74) is 0.124. The lowest BCUT2D eigenvalue weighted by Gasteiger charge is -2.59. The van der Waals surface area contributed by atoms with Gasteiger partial charge in [0.1, 0.15) is 5.78 Å². The van der Waals surface area contributed by atoms with Crippen molar-refractivity contribution in [2.75, 3.05) is 7.11 Å². The van der Waals surface area contributed by atoms with Gasteiger partial charge in [-0.2, -0.15) is 0 Å². The fourth-order valence-electron chi connectivity index (χ4n) is 8.74. The summed E-state index contributed by atoms with van der Waals surface area (Å²) in [6.45, 7) is 9.34. The van der Waals surface area contributed by atoms with E-state index in [1.165, 1.54) is 19.3 Å². The van der Waals surface area contributed by atoms with Crippen LogP contribution < -0.4 is 0 Å². The molecule has 4 aliphatic rings. The summed E-state index contributed by atoms with van der Waals surface area (Å²) in [6.07, 6.45) is 8.47. The average molecular weight is 361 g/mol. The Bertz CT molecular complexity index is 625. The van der Waals surface area contributed by atoms with Crippen molar-refractivity contribution in [1.82, 2.24) is 0 Å². The van der Waals surface area contributed by atoms with Crippen LogP contribution in [-0.2, 0) is 14.3 Å². The molecule has 4 fully saturated rings. The summed E-state index contributed by atoms with van der Waals surface area (Å²) in [5, 5.41) is 0. The molecular weight excluding hydrogens is 324 g/mol. The van der Waals surface area contributed by atoms with Crippen LogP contribution in [0.5, 0.6) is 0 Å². The van der Waals surface area contributed by atoms with Gasteiger partial charge in [0.15, 0.2) is 0 Å². The summed E-state index contributed by atoms with van der Waals surface area (Å²) in [4.78, 5) is 25.1. The molecular formula is C23H36O3. The first-order valence-electron chi connectivity index (χ1n) is 10.8. The predicted octanol–water partition coefficient (Wildman–Crippen LogP) is 5.02. The first-order valence-corrected chi connectivity index (χ1v) is 10.8. The Balaban J connectivity index is 1.72. The Morgan fingerprint density at radius 2 is 1.88 bits per heavy atom. The second-order valence-corrected chi connectivity index (χ2v) is 10.7. The third-order valence-corrected chi connectivity index (χ3v) is 9.77. The molecule has 26 heavy (non-hydrogen) atoms. The molecule has 0 saturated heterocycles. The fourth-order valence-corrected chi connectivity index (χ4v) is 8.74. The van der Waals surface area contributed by atoms with Crippen molar-refractivity contribution < 1.29 is 14.3 Å². The number of hydrogen-bond donors (Lipinski definition) is 0. The molecule has 146 valence electrons. The van der Waals surface area contributed by atoms with Crippen LogP contribution in [0.3, 0.4) is 0 Å². The Kier molecular flexibility index (Phi) is 4.14. The van der Waals surface area contributed by atoms with Crippen LogP contribution >= 0.6 is 0 Å². The predicted molar refractivity (Wildman–Crippen MR) is 101 cm³/mol. The van der Waals surface area contributed by atoms with Crippen LogP contribution in [0, 0.1) is 45.8 Å². The van der Waals surface area contributed by atoms with Crippen LogP contribution in [-0.4, -0.2) is 18.9 Å². The molecule has 0 unspecified atom stereocenters. The third kappa shape index (κ3) is 2.12. The molecule has 0 aromatic heterocycles. The largest absolute Gasteiger partial charge is 0.469 e. The van der Waals surface area contributed by atoms with E-state index in [-0.39, 0.29) is 22.2 Å². The Hall–Kier alpha value is -0.860. The van der Waals surface area contributed by atoms with E-state index in [1.54, 1.807) is 7.11 Å². The summed E-state index contributed by atoms with van der Waals surface area (Å²) in [7, 11) is 1.55. The molecule has 4 saturated carbocycles. The van der Waals surface area contributed by atoms with Gasteiger partial charge in [-0.15, -0.1) is 0 Å². The lowest BCUT2D eigenvalue weighted by Crippen LogP contribution is -2.55. The van der Waals surface area contributed by atoms with E-state index in [0.29, 0.717) is 35.4 Å². The second kappa shape index (κ2) is 5.82. The topological polar surface area (TPSA) is 43.4 Å². The van der Waals surface area contributed by atoms with Gasteiger partial charge < -0.3 is 4.74 Å². The van der Waals surface area contributed by atoms with E-state index in [1.807, 2.05) is 0 Å². The number of methoxy groups -OCH3 is 1. The summed E-state index contributed by atoms with van der Waals surface area (Å²) >= 11 is 0. The minimum absolute atomic E-state index is 0.00110. The molecule has 0 aliphatic heterocycles. The monoisotopic (exact) mass is 360 g/mol. The molecule has 4 aliphatic carbocycles. The zero-order valence-electron chi connectivity index (χ0n) is 17.3. The van der Waals surface area contributed by atoms with Crippen molar-refractivity contribution in [1.29, 1.82) is 0 Å². The molecule has 3 nitrogen and oxygen atoms in total. The normalized spacial score (nSPS) is 50.3. The summed E-state index contributed by atoms with van der Waals surface area (Å²) in [5.74, 6) is 3.41. The van der Waals surface area contributed by atoms with Crippen LogP contribution in [0.15, 0.2) is 0 Å². The molecule has 0 aromatic rings. The quantitative estimate of drug-likeness (QED) is 0.649. The smallest absolute Gasteiger partial charge is 0.311 e. The van der Waals surface area contributed by atoms with Gasteiger partial charge in [0.25, 0.3) is 0 Å². The van der Waals surface area contributed by atoms with E-state index in [0.717, 1.165) is 32.1 Å². The maximum Gasteiger partial charge on any atom is 0.311 e. The van der Waals surface area contributed by atoms with Gasteiger partial charge in [-0.05, 0) is 79.4 Å².